The van der Waals surface area contributed by atoms with Gasteiger partial charge in [-0.25, -0.2) is 9.09 Å². The Morgan fingerprint density at radius 1 is 0.508 bits per heavy atom. The van der Waals surface area contributed by atoms with E-state index in [-0.39, 0.29) is 32.5 Å². The fraction of sp³-hybridized carbons (Fsp3) is 0.851. The van der Waals surface area contributed by atoms with Gasteiger partial charge in [-0.2, -0.15) is 0 Å². The van der Waals surface area contributed by atoms with E-state index >= 15 is 0 Å². The molecule has 0 aromatic heterocycles. The van der Waals surface area contributed by atoms with Crippen LogP contribution in [0.5, 0.6) is 0 Å². The first-order valence-electron chi connectivity index (χ1n) is 23.6. The van der Waals surface area contributed by atoms with Gasteiger partial charge in [-0.3, -0.25) is 23.4 Å². The maximum atomic E-state index is 13.5. The van der Waals surface area contributed by atoms with Crippen LogP contribution in [-0.4, -0.2) is 76.2 Å². The van der Waals surface area contributed by atoms with E-state index in [1.54, 1.807) is 6.92 Å². The minimum Gasteiger partial charge on any atom is -0.462 e. The number of likely N-dealkylation sites (N-methyl/N-ethyl adjacent to an activating group) is 1. The molecule has 0 aromatic carbocycles. The number of unbranched alkanes of at least 4 members (excludes halogenated alkanes) is 22. The summed E-state index contributed by atoms with van der Waals surface area (Å²) in [5, 5.41) is 0. The van der Waals surface area contributed by atoms with Gasteiger partial charge in [0.05, 0.1) is 13.2 Å². The van der Waals surface area contributed by atoms with E-state index in [2.05, 4.69) is 38.2 Å². The van der Waals surface area contributed by atoms with E-state index in [0.717, 1.165) is 64.2 Å². The molecular formula is C47H88NO10P. The van der Waals surface area contributed by atoms with E-state index in [0.29, 0.717) is 19.4 Å². The van der Waals surface area contributed by atoms with E-state index in [1.165, 1.54) is 89.9 Å². The molecule has 11 nitrogen and oxygen atoms in total. The van der Waals surface area contributed by atoms with Crippen molar-refractivity contribution in [2.24, 2.45) is 0 Å². The quantitative estimate of drug-likeness (QED) is 0.0145. The van der Waals surface area contributed by atoms with Crippen LogP contribution in [0.1, 0.15) is 207 Å². The first-order chi connectivity index (χ1) is 28.7. The molecule has 0 rings (SSSR count). The maximum Gasteiger partial charge on any atom is 0.477 e. The normalized spacial score (nSPS) is 13.3. The van der Waals surface area contributed by atoms with Crippen molar-refractivity contribution in [2.45, 2.75) is 213 Å². The van der Waals surface area contributed by atoms with Crippen molar-refractivity contribution in [3.05, 3.63) is 24.3 Å². The van der Waals surface area contributed by atoms with Crippen LogP contribution in [0.3, 0.4) is 0 Å². The number of phosphoric ester groups is 1. The first-order valence-corrected chi connectivity index (χ1v) is 25.1. The van der Waals surface area contributed by atoms with Crippen molar-refractivity contribution in [2.75, 3.05) is 47.3 Å². The molecule has 1 unspecified atom stereocenters. The zero-order valence-corrected chi connectivity index (χ0v) is 39.3. The van der Waals surface area contributed by atoms with E-state index in [9.17, 15) is 18.9 Å². The van der Waals surface area contributed by atoms with Crippen LogP contribution in [0, 0.1) is 0 Å². The van der Waals surface area contributed by atoms with Gasteiger partial charge in [0.25, 0.3) is 0 Å². The smallest absolute Gasteiger partial charge is 0.462 e. The molecule has 0 amide bonds. The molecule has 0 bridgehead atoms. The van der Waals surface area contributed by atoms with Crippen LogP contribution in [0.2, 0.25) is 0 Å². The standard InChI is InChI=1S/C47H88NO10P/c1-6-9-11-13-15-17-19-21-23-25-27-29-31-33-35-37-46(50)53-41-44(42-56-59(52,55-40-39-48(4)5)57-43-54-45(49)8-3)58-47(51)38-36-34-32-30-28-26-24-22-20-18-16-14-12-10-7-2/h21-24,44H,6-20,25-43H2,1-5H3/b23-21-,24-22-/t44-,59?/m1/s1. The van der Waals surface area contributed by atoms with Crippen LogP contribution in [0.4, 0.5) is 0 Å². The highest BCUT2D eigenvalue weighted by Gasteiger charge is 2.30. The number of esters is 3. The second-order valence-electron chi connectivity index (χ2n) is 16.0. The Balaban J connectivity index is 4.77. The summed E-state index contributed by atoms with van der Waals surface area (Å²) in [6.45, 7) is 5.26. The molecule has 0 aliphatic heterocycles. The van der Waals surface area contributed by atoms with Crippen molar-refractivity contribution >= 4 is 25.7 Å². The van der Waals surface area contributed by atoms with E-state index in [1.807, 2.05) is 19.0 Å². The molecule has 0 heterocycles. The SMILES string of the molecule is CCCCCCCC/C=C\CCCCCCCC(=O)OC[C@H](COP(=O)(OCCN(C)C)OCOC(=O)CC)OC(=O)CCCCCCC/C=C\CCCCCCCC. The summed E-state index contributed by atoms with van der Waals surface area (Å²) < 4.78 is 45.8. The van der Waals surface area contributed by atoms with Crippen molar-refractivity contribution in [3.8, 4) is 0 Å². The van der Waals surface area contributed by atoms with Gasteiger partial charge in [0.1, 0.15) is 6.61 Å². The highest BCUT2D eigenvalue weighted by atomic mass is 31.2. The topological polar surface area (TPSA) is 127 Å². The summed E-state index contributed by atoms with van der Waals surface area (Å²) in [4.78, 5) is 39.0. The summed E-state index contributed by atoms with van der Waals surface area (Å²) >= 11 is 0. The highest BCUT2D eigenvalue weighted by Crippen LogP contribution is 2.49. The number of allylic oxidation sites excluding steroid dienone is 4. The lowest BCUT2D eigenvalue weighted by Gasteiger charge is -2.22. The molecule has 2 atom stereocenters. The summed E-state index contributed by atoms with van der Waals surface area (Å²) in [5.41, 5.74) is 0. The van der Waals surface area contributed by atoms with E-state index in [4.69, 9.17) is 27.8 Å². The molecule has 346 valence electrons. The summed E-state index contributed by atoms with van der Waals surface area (Å²) in [5.74, 6) is -1.38. The fourth-order valence-corrected chi connectivity index (χ4v) is 7.24. The van der Waals surface area contributed by atoms with Crippen LogP contribution in [0.25, 0.3) is 0 Å². The Bertz CT molecular complexity index is 1100. The first kappa shape index (κ1) is 57.0. The lowest BCUT2D eigenvalue weighted by molar-refractivity contribution is -0.161. The van der Waals surface area contributed by atoms with Crippen LogP contribution in [0.15, 0.2) is 24.3 Å². The van der Waals surface area contributed by atoms with Crippen molar-refractivity contribution in [1.82, 2.24) is 4.90 Å². The predicted molar refractivity (Wildman–Crippen MR) is 240 cm³/mol. The zero-order chi connectivity index (χ0) is 43.5. The van der Waals surface area contributed by atoms with E-state index < -0.39 is 45.2 Å². The number of carbonyl (C=O) groups is 3. The van der Waals surface area contributed by atoms with Gasteiger partial charge in [-0.1, -0.05) is 148 Å². The van der Waals surface area contributed by atoms with Crippen molar-refractivity contribution < 1.29 is 46.7 Å². The lowest BCUT2D eigenvalue weighted by atomic mass is 10.1. The Kier molecular flexibility index (Phi) is 41.2. The van der Waals surface area contributed by atoms with Gasteiger partial charge in [0.2, 0.25) is 6.79 Å². The molecule has 0 spiro atoms. The average Bonchev–Trinajstić information content (AvgIpc) is 3.21. The van der Waals surface area contributed by atoms with Gasteiger partial charge in [-0.05, 0) is 78.3 Å². The second kappa shape index (κ2) is 42.6. The highest BCUT2D eigenvalue weighted by molar-refractivity contribution is 7.48. The molecule has 0 fully saturated rings. The molecule has 0 radical (unpaired) electrons. The summed E-state index contributed by atoms with van der Waals surface area (Å²) in [6.07, 6.45) is 39.0. The number of rotatable bonds is 44. The molecule has 59 heavy (non-hydrogen) atoms. The van der Waals surface area contributed by atoms with Crippen LogP contribution < -0.4 is 0 Å². The van der Waals surface area contributed by atoms with Gasteiger partial charge in [0, 0.05) is 25.8 Å². The van der Waals surface area contributed by atoms with Gasteiger partial charge in [-0.15, -0.1) is 0 Å². The number of nitrogens with zero attached hydrogens (tertiary/aromatic N) is 1. The fourth-order valence-electron chi connectivity index (χ4n) is 6.18. The molecule has 0 aliphatic carbocycles. The zero-order valence-electron chi connectivity index (χ0n) is 38.4. The van der Waals surface area contributed by atoms with Gasteiger partial charge < -0.3 is 19.1 Å². The Morgan fingerprint density at radius 3 is 1.41 bits per heavy atom. The Labute approximate surface area is 361 Å². The maximum absolute atomic E-state index is 13.5. The minimum absolute atomic E-state index is 0.0108. The summed E-state index contributed by atoms with van der Waals surface area (Å²) in [6, 6.07) is 0. The number of phosphoric acid groups is 1. The third-order valence-electron chi connectivity index (χ3n) is 9.94. The molecule has 0 N–H and O–H groups in total. The number of hydrogen-bond acceptors (Lipinski definition) is 11. The molecule has 12 heteroatoms. The number of carbonyl (C=O) groups excluding carboxylic acids is 3. The molecule has 0 saturated heterocycles. The monoisotopic (exact) mass is 858 g/mol. The largest absolute Gasteiger partial charge is 0.477 e. The number of ether oxygens (including phenoxy) is 3. The Hall–Kier alpha value is -2.04. The molecule has 0 aliphatic rings. The summed E-state index contributed by atoms with van der Waals surface area (Å²) in [7, 11) is -0.573. The second-order valence-corrected chi connectivity index (χ2v) is 17.6. The van der Waals surface area contributed by atoms with Crippen molar-refractivity contribution in [3.63, 3.8) is 0 Å². The molecular weight excluding hydrogens is 769 g/mol. The van der Waals surface area contributed by atoms with Crippen LogP contribution >= 0.6 is 7.82 Å². The molecule has 0 aromatic rings. The Morgan fingerprint density at radius 2 is 0.949 bits per heavy atom. The third-order valence-corrected chi connectivity index (χ3v) is 11.3. The predicted octanol–water partition coefficient (Wildman–Crippen LogP) is 13.1. The number of hydrogen-bond donors (Lipinski definition) is 0. The van der Waals surface area contributed by atoms with Gasteiger partial charge in [0.15, 0.2) is 6.10 Å². The average molecular weight is 858 g/mol. The lowest BCUT2D eigenvalue weighted by Crippen LogP contribution is -2.30. The molecule has 0 saturated carbocycles. The van der Waals surface area contributed by atoms with Gasteiger partial charge >= 0.3 is 25.7 Å². The minimum atomic E-state index is -4.23. The van der Waals surface area contributed by atoms with Crippen molar-refractivity contribution in [1.29, 1.82) is 0 Å². The third kappa shape index (κ3) is 41.1. The van der Waals surface area contributed by atoms with Crippen LogP contribution in [-0.2, 0) is 46.7 Å².